The van der Waals surface area contributed by atoms with Crippen LogP contribution < -0.4 is 9.47 Å². The molecule has 0 spiro atoms. The molecule has 0 atom stereocenters. The van der Waals surface area contributed by atoms with Crippen molar-refractivity contribution in [1.82, 2.24) is 9.80 Å². The van der Waals surface area contributed by atoms with Crippen LogP contribution in [0.25, 0.3) is 6.08 Å². The number of ether oxygens (including phenoxy) is 2. The maximum Gasteiger partial charge on any atom is 0.333 e. The number of imide groups is 2. The van der Waals surface area contributed by atoms with Crippen LogP contribution in [0.3, 0.4) is 0 Å². The topological polar surface area (TPSA) is 99.9 Å². The number of urea groups is 1. The summed E-state index contributed by atoms with van der Waals surface area (Å²) in [7, 11) is 4.03. The second-order valence-electron chi connectivity index (χ2n) is 5.04. The number of hydrogen-bond donors (Lipinski definition) is 0. The van der Waals surface area contributed by atoms with Crippen molar-refractivity contribution in [1.29, 1.82) is 5.26 Å². The Labute approximate surface area is 152 Å². The van der Waals surface area contributed by atoms with E-state index in [-0.39, 0.29) is 12.2 Å². The first-order chi connectivity index (χ1) is 11.8. The highest BCUT2D eigenvalue weighted by Crippen LogP contribution is 2.35. The van der Waals surface area contributed by atoms with E-state index in [0.29, 0.717) is 21.5 Å². The molecule has 25 heavy (non-hydrogen) atoms. The van der Waals surface area contributed by atoms with Crippen molar-refractivity contribution >= 4 is 39.9 Å². The summed E-state index contributed by atoms with van der Waals surface area (Å²) in [5, 5.41) is 8.61. The van der Waals surface area contributed by atoms with Crippen LogP contribution in [0.4, 0.5) is 4.79 Å². The van der Waals surface area contributed by atoms with Gasteiger partial charge in [-0.3, -0.25) is 19.4 Å². The van der Waals surface area contributed by atoms with Gasteiger partial charge in [-0.2, -0.15) is 5.26 Å². The van der Waals surface area contributed by atoms with E-state index in [0.717, 1.165) is 9.80 Å². The summed E-state index contributed by atoms with van der Waals surface area (Å²) in [6.07, 6.45) is 1.37. The number of likely N-dealkylation sites (N-methyl/N-ethyl adjacent to an activating group) is 2. The Morgan fingerprint density at radius 3 is 2.28 bits per heavy atom. The number of carbonyl (C=O) groups excluding carboxylic acids is 3. The van der Waals surface area contributed by atoms with Crippen LogP contribution >= 0.6 is 15.9 Å². The number of halogens is 1. The number of hydrogen-bond acceptors (Lipinski definition) is 6. The highest BCUT2D eigenvalue weighted by molar-refractivity contribution is 9.10. The average Bonchev–Trinajstić information content (AvgIpc) is 2.61. The van der Waals surface area contributed by atoms with Crippen molar-refractivity contribution in [3.05, 3.63) is 27.7 Å². The fraction of sp³-hybridized carbons (Fsp3) is 0.250. The lowest BCUT2D eigenvalue weighted by molar-refractivity contribution is -0.134. The minimum atomic E-state index is -0.691. The Balaban J connectivity index is 2.49. The predicted octanol–water partition coefficient (Wildman–Crippen LogP) is 1.79. The van der Waals surface area contributed by atoms with Crippen LogP contribution in [-0.2, 0) is 9.59 Å². The third kappa shape index (κ3) is 3.49. The zero-order valence-corrected chi connectivity index (χ0v) is 15.3. The summed E-state index contributed by atoms with van der Waals surface area (Å²) in [4.78, 5) is 38.0. The molecule has 0 unspecified atom stereocenters. The third-order valence-corrected chi connectivity index (χ3v) is 4.21. The normalized spacial score (nSPS) is 14.5. The first kappa shape index (κ1) is 18.5. The predicted molar refractivity (Wildman–Crippen MR) is 90.7 cm³/mol. The van der Waals surface area contributed by atoms with Gasteiger partial charge < -0.3 is 9.47 Å². The van der Waals surface area contributed by atoms with Crippen molar-refractivity contribution in [2.24, 2.45) is 0 Å². The van der Waals surface area contributed by atoms with Gasteiger partial charge in [0.1, 0.15) is 11.6 Å². The summed E-state index contributed by atoms with van der Waals surface area (Å²) in [5.41, 5.74) is 0.326. The van der Waals surface area contributed by atoms with E-state index >= 15 is 0 Å². The van der Waals surface area contributed by atoms with Gasteiger partial charge >= 0.3 is 6.03 Å². The van der Waals surface area contributed by atoms with Crippen molar-refractivity contribution in [3.63, 3.8) is 0 Å². The molecule has 0 bridgehead atoms. The molecule has 0 aliphatic carbocycles. The minimum Gasteiger partial charge on any atom is -0.493 e. The number of nitrogens with zero attached hydrogens (tertiary/aromatic N) is 3. The van der Waals surface area contributed by atoms with E-state index in [4.69, 9.17) is 14.7 Å². The standard InChI is InChI=1S/C16H14BrN3O5/c1-19-14(21)10(15(22)20(2)16(19)23)6-9-7-12(24-3)13(8-11(9)17)25-5-4-18/h6-8H,5H2,1-3H3. The van der Waals surface area contributed by atoms with Crippen LogP contribution in [0, 0.1) is 11.3 Å². The van der Waals surface area contributed by atoms with Gasteiger partial charge in [0, 0.05) is 18.6 Å². The largest absolute Gasteiger partial charge is 0.493 e. The number of carbonyl (C=O) groups is 3. The smallest absolute Gasteiger partial charge is 0.333 e. The summed E-state index contributed by atoms with van der Waals surface area (Å²) >= 11 is 3.33. The second kappa shape index (κ2) is 7.36. The van der Waals surface area contributed by atoms with E-state index in [1.165, 1.54) is 27.3 Å². The number of benzene rings is 1. The van der Waals surface area contributed by atoms with Gasteiger partial charge in [-0.05, 0) is 23.8 Å². The number of amides is 4. The fourth-order valence-electron chi connectivity index (χ4n) is 2.17. The van der Waals surface area contributed by atoms with Gasteiger partial charge in [0.05, 0.1) is 7.11 Å². The van der Waals surface area contributed by atoms with Crippen LogP contribution in [0.2, 0.25) is 0 Å². The Hall–Kier alpha value is -2.86. The molecule has 1 aromatic rings. The van der Waals surface area contributed by atoms with E-state index < -0.39 is 17.8 Å². The number of rotatable bonds is 4. The molecule has 0 saturated carbocycles. The molecule has 1 aromatic carbocycles. The van der Waals surface area contributed by atoms with Gasteiger partial charge in [-0.25, -0.2) is 4.79 Å². The second-order valence-corrected chi connectivity index (χ2v) is 5.89. The summed E-state index contributed by atoms with van der Waals surface area (Å²) in [6.45, 7) is -0.155. The molecular weight excluding hydrogens is 394 g/mol. The SMILES string of the molecule is COc1cc(C=C2C(=O)N(C)C(=O)N(C)C2=O)c(Br)cc1OCC#N. The van der Waals surface area contributed by atoms with Crippen LogP contribution in [0.5, 0.6) is 11.5 Å². The molecule has 1 fully saturated rings. The van der Waals surface area contributed by atoms with Crippen molar-refractivity contribution < 1.29 is 23.9 Å². The molecule has 2 rings (SSSR count). The lowest BCUT2D eigenvalue weighted by Crippen LogP contribution is -2.52. The van der Waals surface area contributed by atoms with E-state index in [1.807, 2.05) is 6.07 Å². The quantitative estimate of drug-likeness (QED) is 0.557. The van der Waals surface area contributed by atoms with Gasteiger partial charge in [-0.15, -0.1) is 0 Å². The van der Waals surface area contributed by atoms with Crippen molar-refractivity contribution in [2.75, 3.05) is 27.8 Å². The molecule has 9 heteroatoms. The summed E-state index contributed by atoms with van der Waals surface area (Å²) in [6, 6.07) is 4.29. The van der Waals surface area contributed by atoms with Gasteiger partial charge in [0.15, 0.2) is 18.1 Å². The Bertz CT molecular complexity index is 802. The number of nitriles is 1. The Kier molecular flexibility index (Phi) is 5.44. The minimum absolute atomic E-state index is 0.155. The summed E-state index contributed by atoms with van der Waals surface area (Å²) < 4.78 is 11.0. The van der Waals surface area contributed by atoms with Gasteiger partial charge in [0.2, 0.25) is 0 Å². The highest BCUT2D eigenvalue weighted by atomic mass is 79.9. The fourth-order valence-corrected chi connectivity index (χ4v) is 2.61. The lowest BCUT2D eigenvalue weighted by Gasteiger charge is -2.29. The van der Waals surface area contributed by atoms with Crippen LogP contribution in [0.1, 0.15) is 5.56 Å². The molecule has 1 aliphatic rings. The summed E-state index contributed by atoms with van der Waals surface area (Å²) in [5.74, 6) is -0.713. The molecule has 1 heterocycles. The number of methoxy groups -OCH3 is 1. The molecule has 0 radical (unpaired) electrons. The third-order valence-electron chi connectivity index (χ3n) is 3.52. The first-order valence-corrected chi connectivity index (χ1v) is 7.80. The van der Waals surface area contributed by atoms with E-state index in [1.54, 1.807) is 12.1 Å². The van der Waals surface area contributed by atoms with Crippen LogP contribution in [-0.4, -0.2) is 55.5 Å². The van der Waals surface area contributed by atoms with Crippen molar-refractivity contribution in [2.45, 2.75) is 0 Å². The monoisotopic (exact) mass is 407 g/mol. The number of barbiturate groups is 1. The Morgan fingerprint density at radius 1 is 1.16 bits per heavy atom. The molecule has 8 nitrogen and oxygen atoms in total. The highest BCUT2D eigenvalue weighted by Gasteiger charge is 2.37. The molecular formula is C16H14BrN3O5. The zero-order chi connectivity index (χ0) is 18.7. The van der Waals surface area contributed by atoms with Crippen LogP contribution in [0.15, 0.2) is 22.2 Å². The maximum atomic E-state index is 12.3. The molecule has 0 aromatic heterocycles. The molecule has 130 valence electrons. The lowest BCUT2D eigenvalue weighted by atomic mass is 10.1. The first-order valence-electron chi connectivity index (χ1n) is 7.00. The van der Waals surface area contributed by atoms with E-state index in [9.17, 15) is 14.4 Å². The van der Waals surface area contributed by atoms with Gasteiger partial charge in [-0.1, -0.05) is 15.9 Å². The molecule has 0 N–H and O–H groups in total. The molecule has 1 aliphatic heterocycles. The molecule has 4 amide bonds. The maximum absolute atomic E-state index is 12.3. The van der Waals surface area contributed by atoms with Crippen molar-refractivity contribution in [3.8, 4) is 17.6 Å². The average molecular weight is 408 g/mol. The van der Waals surface area contributed by atoms with E-state index in [2.05, 4.69) is 15.9 Å². The van der Waals surface area contributed by atoms with Gasteiger partial charge in [0.25, 0.3) is 11.8 Å². The zero-order valence-electron chi connectivity index (χ0n) is 13.7. The molecule has 1 saturated heterocycles. The Morgan fingerprint density at radius 2 is 1.76 bits per heavy atom.